The zero-order chi connectivity index (χ0) is 57.4. The zero-order valence-electron chi connectivity index (χ0n) is 52.1. The van der Waals surface area contributed by atoms with Crippen molar-refractivity contribution < 1.29 is 47.9 Å². The topological polar surface area (TPSA) is 125 Å². The number of allylic oxidation sites excluding steroid dienone is 8. The van der Waals surface area contributed by atoms with Crippen LogP contribution in [0.25, 0.3) is 0 Å². The van der Waals surface area contributed by atoms with E-state index in [1.165, 1.54) is 38.5 Å². The Kier molecular flexibility index (Phi) is 62.8. The molecule has 0 aromatic carbocycles. The van der Waals surface area contributed by atoms with Gasteiger partial charge in [0, 0.05) is 59.5 Å². The summed E-state index contributed by atoms with van der Waals surface area (Å²) in [7, 11) is 1.78. The van der Waals surface area contributed by atoms with Gasteiger partial charge in [-0.05, 0) is 180 Å². The van der Waals surface area contributed by atoms with Crippen LogP contribution in [0.3, 0.4) is 0 Å². The molecule has 79 heavy (non-hydrogen) atoms. The molecule has 0 aromatic heterocycles. The molecule has 0 fully saturated rings. The highest BCUT2D eigenvalue weighted by atomic mass is 16.7. The Morgan fingerprint density at radius 2 is 0.646 bits per heavy atom. The number of unbranched alkanes of at least 4 members (excludes halogenated alkanes) is 20. The number of ether oxygens (including phenoxy) is 7. The monoisotopic (exact) mass is 1120 g/mol. The van der Waals surface area contributed by atoms with Gasteiger partial charge < -0.3 is 48.1 Å². The lowest BCUT2D eigenvalue weighted by Crippen LogP contribution is -2.33. The van der Waals surface area contributed by atoms with E-state index in [0.717, 1.165) is 213 Å². The van der Waals surface area contributed by atoms with Crippen LogP contribution in [-0.2, 0) is 42.7 Å². The van der Waals surface area contributed by atoms with Gasteiger partial charge in [-0.1, -0.05) is 134 Å². The minimum absolute atomic E-state index is 0.159. The van der Waals surface area contributed by atoms with Crippen molar-refractivity contribution in [1.29, 1.82) is 0 Å². The molecular weight excluding hydrogens is 993 g/mol. The van der Waals surface area contributed by atoms with E-state index in [9.17, 15) is 14.7 Å². The summed E-state index contributed by atoms with van der Waals surface area (Å²) in [4.78, 5) is 30.5. The number of methoxy groups -OCH3 is 1. The molecule has 0 saturated heterocycles. The predicted octanol–water partition coefficient (Wildman–Crippen LogP) is 16.4. The van der Waals surface area contributed by atoms with E-state index in [4.69, 9.17) is 33.2 Å². The zero-order valence-corrected chi connectivity index (χ0v) is 52.1. The number of aliphatic hydroxyl groups is 1. The Labute approximate surface area is 486 Å². The quantitative estimate of drug-likeness (QED) is 0.0270. The van der Waals surface area contributed by atoms with Crippen LogP contribution >= 0.6 is 0 Å². The van der Waals surface area contributed by atoms with Crippen LogP contribution < -0.4 is 0 Å². The van der Waals surface area contributed by atoms with E-state index in [1.807, 2.05) is 0 Å². The fourth-order valence-corrected chi connectivity index (χ4v) is 9.25. The van der Waals surface area contributed by atoms with Crippen molar-refractivity contribution in [2.24, 2.45) is 0 Å². The van der Waals surface area contributed by atoms with Gasteiger partial charge in [-0.15, -0.1) is 0 Å². The van der Waals surface area contributed by atoms with E-state index in [1.54, 1.807) is 7.11 Å². The highest BCUT2D eigenvalue weighted by Gasteiger charge is 2.16. The molecular formula is C67H126N2O10. The predicted molar refractivity (Wildman–Crippen MR) is 331 cm³/mol. The summed E-state index contributed by atoms with van der Waals surface area (Å²) < 4.78 is 40.9. The number of hydrogen-bond donors (Lipinski definition) is 1. The largest absolute Gasteiger partial charge is 0.466 e. The van der Waals surface area contributed by atoms with Crippen molar-refractivity contribution >= 4 is 11.9 Å². The molecule has 12 heteroatoms. The fraction of sp³-hybridized carbons (Fsp3) is 0.851. The number of aliphatic hydroxyl groups excluding tert-OH is 1. The maximum Gasteiger partial charge on any atom is 0.305 e. The molecule has 0 aromatic rings. The highest BCUT2D eigenvalue weighted by molar-refractivity contribution is 5.69. The molecule has 0 saturated carbocycles. The lowest BCUT2D eigenvalue weighted by atomic mass is 10.1. The number of rotatable bonds is 64. The van der Waals surface area contributed by atoms with Crippen molar-refractivity contribution in [2.45, 2.75) is 271 Å². The van der Waals surface area contributed by atoms with Crippen molar-refractivity contribution in [3.8, 4) is 0 Å². The molecule has 0 aliphatic heterocycles. The number of nitrogens with zero attached hydrogens (tertiary/aromatic N) is 2. The second kappa shape index (κ2) is 64.7. The second-order valence-electron chi connectivity index (χ2n) is 21.4. The maximum atomic E-state index is 12.7. The third-order valence-corrected chi connectivity index (χ3v) is 14.0. The smallest absolute Gasteiger partial charge is 0.305 e. The third-order valence-electron chi connectivity index (χ3n) is 14.0. The van der Waals surface area contributed by atoms with Crippen LogP contribution in [0.1, 0.15) is 259 Å². The highest BCUT2D eigenvalue weighted by Crippen LogP contribution is 2.15. The van der Waals surface area contributed by atoms with Gasteiger partial charge in [0.1, 0.15) is 0 Å². The molecule has 0 unspecified atom stereocenters. The molecule has 0 aliphatic rings. The maximum absolute atomic E-state index is 12.7. The Hall–Kier alpha value is -2.42. The van der Waals surface area contributed by atoms with E-state index < -0.39 is 0 Å². The van der Waals surface area contributed by atoms with Crippen LogP contribution in [0, 0.1) is 0 Å². The normalized spacial score (nSPS) is 12.3. The standard InChI is InChI=1S/C67H126N2O10/c1-6-10-14-18-29-41-60-76-66(77-61-42-30-19-15-11-7-2)48-46-64(71)74-58-39-33-23-26-36-51-68(50-35-25-22-28-38-57-73-5)53-45-54-69(55-56-70)52-37-27-24-34-40-59-75-65(72)47-49-67(78-62-43-31-20-16-12-8-3)79-63-44-32-21-17-13-9-4/h10-17,66-67,70H,6-9,18-63H2,1-5H3/b14-10-,15-11-,16-12-,17-13-. The van der Waals surface area contributed by atoms with E-state index >= 15 is 0 Å². The van der Waals surface area contributed by atoms with Gasteiger partial charge in [-0.3, -0.25) is 9.59 Å². The van der Waals surface area contributed by atoms with Crippen LogP contribution in [0.5, 0.6) is 0 Å². The average molecular weight is 1120 g/mol. The summed E-state index contributed by atoms with van der Waals surface area (Å²) in [6.45, 7) is 19.2. The summed E-state index contributed by atoms with van der Waals surface area (Å²) in [6, 6.07) is 0. The number of carbonyl (C=O) groups is 2. The molecule has 0 rings (SSSR count). The fourth-order valence-electron chi connectivity index (χ4n) is 9.25. The number of carbonyl (C=O) groups excluding carboxylic acids is 2. The van der Waals surface area contributed by atoms with Gasteiger partial charge in [0.05, 0.1) is 32.7 Å². The van der Waals surface area contributed by atoms with Crippen LogP contribution in [0.2, 0.25) is 0 Å². The van der Waals surface area contributed by atoms with Crippen molar-refractivity contribution in [2.75, 3.05) is 99.2 Å². The molecule has 1 N–H and O–H groups in total. The molecule has 12 nitrogen and oxygen atoms in total. The van der Waals surface area contributed by atoms with Crippen molar-refractivity contribution in [3.63, 3.8) is 0 Å². The minimum Gasteiger partial charge on any atom is -0.466 e. The summed E-state index contributed by atoms with van der Waals surface area (Å²) in [5, 5.41) is 9.89. The summed E-state index contributed by atoms with van der Waals surface area (Å²) in [5.74, 6) is -0.329. The molecule has 0 spiro atoms. The van der Waals surface area contributed by atoms with Gasteiger partial charge in [-0.25, -0.2) is 0 Å². The Balaban J connectivity index is 4.63. The first-order chi connectivity index (χ1) is 38.9. The van der Waals surface area contributed by atoms with E-state index in [2.05, 4.69) is 86.1 Å². The van der Waals surface area contributed by atoms with Gasteiger partial charge in [0.15, 0.2) is 12.6 Å². The SMILES string of the molecule is CC/C=C\CCCCOC(CCC(=O)OCCCCCCCN(CCO)CCCN(CCCCCCCOC)CCCCCCCOC(=O)CCC(OCCCC/C=C\CC)OCCCC/C=C\CC)OCCCC/C=C\CC. The van der Waals surface area contributed by atoms with E-state index in [0.29, 0.717) is 65.3 Å². The Morgan fingerprint density at radius 1 is 0.354 bits per heavy atom. The summed E-state index contributed by atoms with van der Waals surface area (Å²) in [5.41, 5.74) is 0. The average Bonchev–Trinajstić information content (AvgIpc) is 3.45. The summed E-state index contributed by atoms with van der Waals surface area (Å²) >= 11 is 0. The van der Waals surface area contributed by atoms with Crippen LogP contribution in [0.4, 0.5) is 0 Å². The van der Waals surface area contributed by atoms with Crippen molar-refractivity contribution in [1.82, 2.24) is 9.80 Å². The Morgan fingerprint density at radius 3 is 0.975 bits per heavy atom. The first kappa shape index (κ1) is 76.6. The molecule has 0 radical (unpaired) electrons. The molecule has 0 amide bonds. The van der Waals surface area contributed by atoms with E-state index in [-0.39, 0.29) is 31.1 Å². The molecule has 464 valence electrons. The van der Waals surface area contributed by atoms with Gasteiger partial charge in [-0.2, -0.15) is 0 Å². The number of hydrogen-bond acceptors (Lipinski definition) is 12. The molecule has 0 atom stereocenters. The molecule has 0 aliphatic carbocycles. The lowest BCUT2D eigenvalue weighted by Gasteiger charge is -2.26. The number of esters is 2. The first-order valence-corrected chi connectivity index (χ1v) is 32.9. The van der Waals surface area contributed by atoms with Gasteiger partial charge in [0.25, 0.3) is 0 Å². The van der Waals surface area contributed by atoms with Gasteiger partial charge in [0.2, 0.25) is 0 Å². The summed E-state index contributed by atoms with van der Waals surface area (Å²) in [6.07, 6.45) is 53.6. The van der Waals surface area contributed by atoms with Crippen molar-refractivity contribution in [3.05, 3.63) is 48.6 Å². The molecule has 0 heterocycles. The molecule has 0 bridgehead atoms. The van der Waals surface area contributed by atoms with Crippen LogP contribution in [-0.4, -0.2) is 139 Å². The Bertz CT molecular complexity index is 1330. The lowest BCUT2D eigenvalue weighted by molar-refractivity contribution is -0.159. The first-order valence-electron chi connectivity index (χ1n) is 32.9. The third kappa shape index (κ3) is 58.6. The van der Waals surface area contributed by atoms with Gasteiger partial charge >= 0.3 is 11.9 Å². The minimum atomic E-state index is -0.367. The van der Waals surface area contributed by atoms with Crippen LogP contribution in [0.15, 0.2) is 48.6 Å². The second-order valence-corrected chi connectivity index (χ2v) is 21.4.